The minimum atomic E-state index is -1.10. The zero-order valence-corrected chi connectivity index (χ0v) is 16.1. The monoisotopic (exact) mass is 391 g/mol. The zero-order valence-electron chi connectivity index (χ0n) is 16.1. The lowest BCUT2D eigenvalue weighted by atomic mass is 9.77. The van der Waals surface area contributed by atoms with Crippen LogP contribution in [0, 0.1) is 0 Å². The molecular weight excluding hydrogens is 370 g/mol. The van der Waals surface area contributed by atoms with Gasteiger partial charge in [-0.1, -0.05) is 24.3 Å². The zero-order chi connectivity index (χ0) is 20.5. The highest BCUT2D eigenvalue weighted by molar-refractivity contribution is 6.10. The number of rotatable bonds is 4. The fraction of sp³-hybridized carbons (Fsp3) is 0.261. The highest BCUT2D eigenvalue weighted by atomic mass is 16.5. The fourth-order valence-corrected chi connectivity index (χ4v) is 4.24. The van der Waals surface area contributed by atoms with Gasteiger partial charge in [-0.15, -0.1) is 0 Å². The largest absolute Gasteiger partial charge is 0.497 e. The Labute approximate surface area is 168 Å². The number of carbonyl (C=O) groups excluding carboxylic acids is 2. The number of ether oxygens (including phenoxy) is 1. The Bertz CT molecular complexity index is 1020. The number of hydrogen-bond donors (Lipinski definition) is 1. The molecule has 6 nitrogen and oxygen atoms in total. The van der Waals surface area contributed by atoms with Gasteiger partial charge in [0.15, 0.2) is 5.78 Å². The number of hydrogen-bond acceptors (Lipinski definition) is 4. The van der Waals surface area contributed by atoms with Crippen molar-refractivity contribution in [2.24, 2.45) is 0 Å². The van der Waals surface area contributed by atoms with Gasteiger partial charge in [0.1, 0.15) is 5.75 Å². The molecule has 0 fully saturated rings. The molecule has 2 aromatic rings. The quantitative estimate of drug-likeness (QED) is 0.854. The number of benzene rings is 2. The summed E-state index contributed by atoms with van der Waals surface area (Å²) >= 11 is 0. The van der Waals surface area contributed by atoms with Crippen LogP contribution in [0.3, 0.4) is 0 Å². The lowest BCUT2D eigenvalue weighted by molar-refractivity contribution is -0.119. The molecule has 148 valence electrons. The molecule has 1 amide bonds. The average Bonchev–Trinajstić information content (AvgIpc) is 2.73. The lowest BCUT2D eigenvalue weighted by Crippen LogP contribution is -2.41. The molecular formula is C23H21NO5. The number of nitrogens with zero attached hydrogens (tertiary/aromatic N) is 1. The minimum absolute atomic E-state index is 0.0253. The second kappa shape index (κ2) is 7.54. The molecule has 1 heterocycles. The molecule has 0 bridgehead atoms. The van der Waals surface area contributed by atoms with Gasteiger partial charge < -0.3 is 9.84 Å². The highest BCUT2D eigenvalue weighted by Crippen LogP contribution is 2.44. The minimum Gasteiger partial charge on any atom is -0.497 e. The number of ketones is 1. The Kier molecular flexibility index (Phi) is 4.92. The number of carbonyl (C=O) groups is 3. The van der Waals surface area contributed by atoms with Crippen LogP contribution in [0.4, 0.5) is 5.69 Å². The Morgan fingerprint density at radius 1 is 1.07 bits per heavy atom. The van der Waals surface area contributed by atoms with Crippen LogP contribution < -0.4 is 9.64 Å². The third-order valence-corrected chi connectivity index (χ3v) is 5.57. The van der Waals surface area contributed by atoms with Crippen molar-refractivity contribution >= 4 is 23.3 Å². The summed E-state index contributed by atoms with van der Waals surface area (Å²) in [7, 11) is 1.59. The Morgan fingerprint density at radius 3 is 2.48 bits per heavy atom. The van der Waals surface area contributed by atoms with Crippen molar-refractivity contribution in [1.29, 1.82) is 0 Å². The van der Waals surface area contributed by atoms with Crippen LogP contribution in [0.2, 0.25) is 0 Å². The molecule has 29 heavy (non-hydrogen) atoms. The first-order valence-electron chi connectivity index (χ1n) is 9.56. The summed E-state index contributed by atoms with van der Waals surface area (Å²) in [6.45, 7) is 0. The second-order valence-electron chi connectivity index (χ2n) is 7.22. The van der Waals surface area contributed by atoms with Gasteiger partial charge in [0, 0.05) is 30.0 Å². The van der Waals surface area contributed by atoms with Crippen molar-refractivity contribution in [3.8, 4) is 5.75 Å². The number of carboxylic acid groups (broad SMARTS) is 1. The second-order valence-corrected chi connectivity index (χ2v) is 7.22. The van der Waals surface area contributed by atoms with Crippen LogP contribution in [0.15, 0.2) is 59.8 Å². The van der Waals surface area contributed by atoms with E-state index in [0.717, 1.165) is 5.56 Å². The molecule has 1 N–H and O–H groups in total. The van der Waals surface area contributed by atoms with Gasteiger partial charge in [-0.2, -0.15) is 0 Å². The van der Waals surface area contributed by atoms with E-state index in [2.05, 4.69) is 0 Å². The molecule has 0 aromatic heterocycles. The molecule has 2 aromatic carbocycles. The molecule has 6 heteroatoms. The SMILES string of the molecule is COc1ccc(C2CC(=O)N(c3ccccc3C(=O)O)C3=C2C(=O)CCC3)cc1. The van der Waals surface area contributed by atoms with Crippen molar-refractivity contribution in [3.05, 3.63) is 70.9 Å². The van der Waals surface area contributed by atoms with Crippen LogP contribution in [0.5, 0.6) is 5.75 Å². The van der Waals surface area contributed by atoms with E-state index in [0.29, 0.717) is 42.0 Å². The molecule has 0 saturated heterocycles. The smallest absolute Gasteiger partial charge is 0.337 e. The predicted molar refractivity (Wildman–Crippen MR) is 107 cm³/mol. The maximum Gasteiger partial charge on any atom is 0.337 e. The summed E-state index contributed by atoms with van der Waals surface area (Å²) in [5.41, 5.74) is 2.51. The van der Waals surface area contributed by atoms with Crippen molar-refractivity contribution in [2.75, 3.05) is 12.0 Å². The number of allylic oxidation sites excluding steroid dienone is 2. The first-order chi connectivity index (χ1) is 14.0. The van der Waals surface area contributed by atoms with E-state index in [4.69, 9.17) is 4.74 Å². The number of Topliss-reactive ketones (excluding diaryl/α,β-unsaturated/α-hetero) is 1. The Hall–Kier alpha value is -3.41. The van der Waals surface area contributed by atoms with Crippen molar-refractivity contribution < 1.29 is 24.2 Å². The highest BCUT2D eigenvalue weighted by Gasteiger charge is 2.40. The molecule has 0 spiro atoms. The maximum atomic E-state index is 13.2. The number of amides is 1. The number of carboxylic acids is 1. The van der Waals surface area contributed by atoms with Gasteiger partial charge in [0.2, 0.25) is 5.91 Å². The van der Waals surface area contributed by atoms with E-state index >= 15 is 0 Å². The Morgan fingerprint density at radius 2 is 1.79 bits per heavy atom. The van der Waals surface area contributed by atoms with E-state index in [9.17, 15) is 19.5 Å². The lowest BCUT2D eigenvalue weighted by Gasteiger charge is -2.38. The molecule has 0 radical (unpaired) electrons. The van der Waals surface area contributed by atoms with E-state index in [1.807, 2.05) is 24.3 Å². The van der Waals surface area contributed by atoms with Gasteiger partial charge in [0.25, 0.3) is 0 Å². The molecule has 1 unspecified atom stereocenters. The summed E-state index contributed by atoms with van der Waals surface area (Å²) in [4.78, 5) is 39.3. The van der Waals surface area contributed by atoms with Crippen LogP contribution in [-0.4, -0.2) is 29.9 Å². The Balaban J connectivity index is 1.86. The molecule has 0 saturated carbocycles. The number of aromatic carboxylic acids is 1. The molecule has 1 atom stereocenters. The van der Waals surface area contributed by atoms with E-state index < -0.39 is 5.97 Å². The van der Waals surface area contributed by atoms with Gasteiger partial charge >= 0.3 is 5.97 Å². The normalized spacial score (nSPS) is 19.2. The summed E-state index contributed by atoms with van der Waals surface area (Å²) < 4.78 is 5.21. The predicted octanol–water partition coefficient (Wildman–Crippen LogP) is 3.92. The van der Waals surface area contributed by atoms with Crippen LogP contribution in [0.25, 0.3) is 0 Å². The summed E-state index contributed by atoms with van der Waals surface area (Å²) in [6, 6.07) is 13.8. The standard InChI is InChI=1S/C23H21NO5/c1-29-15-11-9-14(10-12-15)17-13-21(26)24(19-7-4-8-20(25)22(17)19)18-6-3-2-5-16(18)23(27)28/h2-3,5-6,9-12,17H,4,7-8,13H2,1H3,(H,27,28). The topological polar surface area (TPSA) is 83.9 Å². The van der Waals surface area contributed by atoms with Crippen molar-refractivity contribution in [2.45, 2.75) is 31.6 Å². The van der Waals surface area contributed by atoms with Gasteiger partial charge in [-0.25, -0.2) is 4.79 Å². The van der Waals surface area contributed by atoms with Crippen molar-refractivity contribution in [1.82, 2.24) is 0 Å². The molecule has 1 aliphatic carbocycles. The molecule has 4 rings (SSSR count). The van der Waals surface area contributed by atoms with Gasteiger partial charge in [0.05, 0.1) is 18.4 Å². The summed E-state index contributed by atoms with van der Waals surface area (Å²) in [5, 5.41) is 9.58. The summed E-state index contributed by atoms with van der Waals surface area (Å²) in [6.07, 6.45) is 1.76. The molecule has 2 aliphatic rings. The number of methoxy groups -OCH3 is 1. The van der Waals surface area contributed by atoms with Crippen LogP contribution in [0.1, 0.15) is 47.5 Å². The number of para-hydroxylation sites is 1. The third-order valence-electron chi connectivity index (χ3n) is 5.57. The van der Waals surface area contributed by atoms with Gasteiger partial charge in [-0.05, 0) is 42.7 Å². The van der Waals surface area contributed by atoms with Gasteiger partial charge in [-0.3, -0.25) is 14.5 Å². The summed E-state index contributed by atoms with van der Waals surface area (Å²) in [5.74, 6) is -0.901. The van der Waals surface area contributed by atoms with E-state index in [1.165, 1.54) is 11.0 Å². The average molecular weight is 391 g/mol. The van der Waals surface area contributed by atoms with E-state index in [1.54, 1.807) is 25.3 Å². The van der Waals surface area contributed by atoms with Crippen LogP contribution in [-0.2, 0) is 9.59 Å². The first-order valence-corrected chi connectivity index (χ1v) is 9.56. The first kappa shape index (κ1) is 18.9. The van der Waals surface area contributed by atoms with Crippen LogP contribution >= 0.6 is 0 Å². The third kappa shape index (κ3) is 3.31. The van der Waals surface area contributed by atoms with Crippen molar-refractivity contribution in [3.63, 3.8) is 0 Å². The number of anilines is 1. The van der Waals surface area contributed by atoms with E-state index in [-0.39, 0.29) is 29.6 Å². The molecule has 1 aliphatic heterocycles. The maximum absolute atomic E-state index is 13.2. The fourth-order valence-electron chi connectivity index (χ4n) is 4.24.